The molecule has 0 atom stereocenters. The van der Waals surface area contributed by atoms with E-state index in [0.717, 1.165) is 10.6 Å². The first-order valence-electron chi connectivity index (χ1n) is 8.44. The Kier molecular flexibility index (Phi) is 8.39. The van der Waals surface area contributed by atoms with Crippen LogP contribution in [-0.4, -0.2) is 22.0 Å². The number of pyridine rings is 1. The number of aromatic carboxylic acids is 1. The summed E-state index contributed by atoms with van der Waals surface area (Å²) in [6.07, 6.45) is 4.85. The third-order valence-corrected chi connectivity index (χ3v) is 5.20. The number of nitrogens with zero attached hydrogens (tertiary/aromatic N) is 1. The summed E-state index contributed by atoms with van der Waals surface area (Å²) in [5, 5.41) is 15.2. The quantitative estimate of drug-likeness (QED) is 0.473. The predicted molar refractivity (Wildman–Crippen MR) is 119 cm³/mol. The van der Waals surface area contributed by atoms with Crippen molar-refractivity contribution in [2.45, 2.75) is 13.8 Å². The van der Waals surface area contributed by atoms with Gasteiger partial charge in [0.15, 0.2) is 0 Å². The molecule has 0 aliphatic rings. The molecular formula is C21H18Cl2N2O3S. The molecule has 0 saturated heterocycles. The van der Waals surface area contributed by atoms with Crippen LogP contribution in [0.3, 0.4) is 0 Å². The van der Waals surface area contributed by atoms with Crippen molar-refractivity contribution in [3.63, 3.8) is 0 Å². The number of aromatic nitrogens is 1. The molecule has 0 bridgehead atoms. The number of rotatable bonds is 4. The topological polar surface area (TPSA) is 79.3 Å². The van der Waals surface area contributed by atoms with E-state index < -0.39 is 5.97 Å². The molecule has 2 aromatic heterocycles. The minimum atomic E-state index is -1.11. The maximum Gasteiger partial charge on any atom is 0.339 e. The highest BCUT2D eigenvalue weighted by molar-refractivity contribution is 7.14. The highest BCUT2D eigenvalue weighted by atomic mass is 35.5. The van der Waals surface area contributed by atoms with E-state index in [0.29, 0.717) is 15.5 Å². The average Bonchev–Trinajstić information content (AvgIpc) is 3.13. The van der Waals surface area contributed by atoms with E-state index in [-0.39, 0.29) is 17.2 Å². The number of hydrogen-bond acceptors (Lipinski definition) is 4. The lowest BCUT2D eigenvalue weighted by Crippen LogP contribution is -2.14. The zero-order valence-electron chi connectivity index (χ0n) is 15.6. The lowest BCUT2D eigenvalue weighted by molar-refractivity contribution is 0.0699. The summed E-state index contributed by atoms with van der Waals surface area (Å²) in [6, 6.07) is 9.99. The van der Waals surface area contributed by atoms with Crippen molar-refractivity contribution in [2.24, 2.45) is 0 Å². The van der Waals surface area contributed by atoms with Gasteiger partial charge in [-0.2, -0.15) is 0 Å². The van der Waals surface area contributed by atoms with Gasteiger partial charge in [-0.05, 0) is 43.7 Å². The molecular weight excluding hydrogens is 431 g/mol. The summed E-state index contributed by atoms with van der Waals surface area (Å²) < 4.78 is 0. The van der Waals surface area contributed by atoms with Gasteiger partial charge in [-0.1, -0.05) is 41.4 Å². The third kappa shape index (κ3) is 6.42. The molecule has 0 saturated carbocycles. The van der Waals surface area contributed by atoms with Gasteiger partial charge in [0.2, 0.25) is 0 Å². The fourth-order valence-electron chi connectivity index (χ4n) is 2.17. The van der Waals surface area contributed by atoms with Crippen molar-refractivity contribution >= 4 is 52.1 Å². The molecule has 1 aromatic carbocycles. The SMILES string of the molecule is C/C=C(\C)Cl.O=C(Nc1csc(-c2ccc(Cl)cc2)c1C(=O)O)c1ccncc1. The Hall–Kier alpha value is -2.67. The molecule has 150 valence electrons. The van der Waals surface area contributed by atoms with Gasteiger partial charge in [-0.25, -0.2) is 4.79 Å². The number of carbonyl (C=O) groups is 2. The Labute approximate surface area is 182 Å². The fraction of sp³-hybridized carbons (Fsp3) is 0.0952. The second kappa shape index (κ2) is 10.8. The van der Waals surface area contributed by atoms with Crippen LogP contribution in [0.5, 0.6) is 0 Å². The van der Waals surface area contributed by atoms with E-state index in [2.05, 4.69) is 10.3 Å². The lowest BCUT2D eigenvalue weighted by atomic mass is 10.1. The van der Waals surface area contributed by atoms with Crippen molar-refractivity contribution in [3.05, 3.63) is 81.4 Å². The van der Waals surface area contributed by atoms with Crippen LogP contribution in [0.2, 0.25) is 5.02 Å². The molecule has 0 fully saturated rings. The molecule has 29 heavy (non-hydrogen) atoms. The average molecular weight is 449 g/mol. The van der Waals surface area contributed by atoms with Gasteiger partial charge in [0.25, 0.3) is 5.91 Å². The van der Waals surface area contributed by atoms with Crippen molar-refractivity contribution in [2.75, 3.05) is 5.32 Å². The number of allylic oxidation sites excluding steroid dienone is 2. The van der Waals surface area contributed by atoms with E-state index in [1.54, 1.807) is 41.8 Å². The zero-order chi connectivity index (χ0) is 21.4. The standard InChI is InChI=1S/C17H11ClN2O3S.C4H7Cl/c18-12-3-1-10(2-4-12)15-14(17(22)23)13(9-24-15)20-16(21)11-5-7-19-8-6-11;1-3-4(2)5/h1-9H,(H,20,21)(H,22,23);3H,1-2H3/b;4-3+. The molecule has 0 spiro atoms. The Morgan fingerprint density at radius 1 is 1.14 bits per heavy atom. The number of thiophene rings is 1. The first kappa shape index (κ1) is 22.6. The summed E-state index contributed by atoms with van der Waals surface area (Å²) in [7, 11) is 0. The van der Waals surface area contributed by atoms with Crippen molar-refractivity contribution in [1.82, 2.24) is 4.98 Å². The van der Waals surface area contributed by atoms with Gasteiger partial charge in [0, 0.05) is 33.4 Å². The van der Waals surface area contributed by atoms with Crippen LogP contribution in [0.4, 0.5) is 5.69 Å². The molecule has 0 radical (unpaired) electrons. The summed E-state index contributed by atoms with van der Waals surface area (Å²) in [4.78, 5) is 28.3. The van der Waals surface area contributed by atoms with Crippen LogP contribution in [0.1, 0.15) is 34.6 Å². The van der Waals surface area contributed by atoms with Crippen LogP contribution in [-0.2, 0) is 0 Å². The van der Waals surface area contributed by atoms with Gasteiger partial charge < -0.3 is 10.4 Å². The molecule has 3 aromatic rings. The Bertz CT molecular complexity index is 1010. The highest BCUT2D eigenvalue weighted by Gasteiger charge is 2.21. The Morgan fingerprint density at radius 3 is 2.24 bits per heavy atom. The molecule has 0 unspecified atom stereocenters. The number of anilines is 1. The maximum atomic E-state index is 12.2. The second-order valence-electron chi connectivity index (χ2n) is 5.73. The molecule has 0 aliphatic carbocycles. The minimum Gasteiger partial charge on any atom is -0.478 e. The Morgan fingerprint density at radius 2 is 1.72 bits per heavy atom. The van der Waals surface area contributed by atoms with Crippen LogP contribution < -0.4 is 5.32 Å². The molecule has 2 heterocycles. The van der Waals surface area contributed by atoms with Crippen LogP contribution in [0.15, 0.2) is 65.3 Å². The normalized spacial score (nSPS) is 10.7. The van der Waals surface area contributed by atoms with Crippen molar-refractivity contribution < 1.29 is 14.7 Å². The summed E-state index contributed by atoms with van der Waals surface area (Å²) in [5.41, 5.74) is 1.45. The number of carboxylic acid groups (broad SMARTS) is 1. The second-order valence-corrected chi connectivity index (χ2v) is 7.64. The fourth-order valence-corrected chi connectivity index (χ4v) is 3.30. The van der Waals surface area contributed by atoms with Crippen molar-refractivity contribution in [3.8, 4) is 10.4 Å². The van der Waals surface area contributed by atoms with Crippen LogP contribution >= 0.6 is 34.5 Å². The van der Waals surface area contributed by atoms with Gasteiger partial charge in [0.1, 0.15) is 5.56 Å². The molecule has 3 rings (SSSR count). The minimum absolute atomic E-state index is 0.0599. The largest absolute Gasteiger partial charge is 0.478 e. The first-order valence-corrected chi connectivity index (χ1v) is 10.1. The number of halogens is 2. The molecule has 2 N–H and O–H groups in total. The monoisotopic (exact) mass is 448 g/mol. The number of nitrogens with one attached hydrogen (secondary N) is 1. The number of hydrogen-bond donors (Lipinski definition) is 2. The highest BCUT2D eigenvalue weighted by Crippen LogP contribution is 2.36. The van der Waals surface area contributed by atoms with Crippen LogP contribution in [0.25, 0.3) is 10.4 Å². The summed E-state index contributed by atoms with van der Waals surface area (Å²) in [6.45, 7) is 3.75. The number of carbonyl (C=O) groups excluding carboxylic acids is 1. The van der Waals surface area contributed by atoms with E-state index in [1.807, 2.05) is 19.9 Å². The van der Waals surface area contributed by atoms with E-state index in [1.165, 1.54) is 23.7 Å². The Balaban J connectivity index is 0.000000537. The third-order valence-electron chi connectivity index (χ3n) is 3.70. The predicted octanol–water partition coefficient (Wildman–Crippen LogP) is 6.56. The molecule has 5 nitrogen and oxygen atoms in total. The number of amides is 1. The lowest BCUT2D eigenvalue weighted by Gasteiger charge is -2.06. The van der Waals surface area contributed by atoms with Gasteiger partial charge in [-0.3, -0.25) is 9.78 Å². The van der Waals surface area contributed by atoms with Gasteiger partial charge >= 0.3 is 5.97 Å². The van der Waals surface area contributed by atoms with Gasteiger partial charge in [-0.15, -0.1) is 11.3 Å². The summed E-state index contributed by atoms with van der Waals surface area (Å²) >= 11 is 12.4. The molecule has 0 aliphatic heterocycles. The van der Waals surface area contributed by atoms with E-state index >= 15 is 0 Å². The zero-order valence-corrected chi connectivity index (χ0v) is 18.0. The number of carboxylic acids is 1. The van der Waals surface area contributed by atoms with Gasteiger partial charge in [0.05, 0.1) is 10.6 Å². The van der Waals surface area contributed by atoms with E-state index in [9.17, 15) is 14.7 Å². The number of benzene rings is 1. The smallest absolute Gasteiger partial charge is 0.339 e. The van der Waals surface area contributed by atoms with Crippen LogP contribution in [0, 0.1) is 0 Å². The van der Waals surface area contributed by atoms with E-state index in [4.69, 9.17) is 23.2 Å². The molecule has 1 amide bonds. The molecule has 8 heteroatoms. The summed E-state index contributed by atoms with van der Waals surface area (Å²) in [5.74, 6) is -1.49. The maximum absolute atomic E-state index is 12.2. The first-order chi connectivity index (χ1) is 13.8. The van der Waals surface area contributed by atoms with Crippen molar-refractivity contribution in [1.29, 1.82) is 0 Å².